The molecule has 1 rings (SSSR count). The van der Waals surface area contributed by atoms with Gasteiger partial charge in [-0.3, -0.25) is 13.8 Å². The summed E-state index contributed by atoms with van der Waals surface area (Å²) >= 11 is 0. The Morgan fingerprint density at radius 2 is 1.00 bits per heavy atom. The first-order valence-corrected chi connectivity index (χ1v) is 24.6. The van der Waals surface area contributed by atoms with Gasteiger partial charge in [0.15, 0.2) is 6.10 Å². The molecule has 0 aromatic carbocycles. The van der Waals surface area contributed by atoms with E-state index in [0.29, 0.717) is 12.8 Å². The number of phosphoric ester groups is 1. The van der Waals surface area contributed by atoms with Crippen LogP contribution in [0, 0.1) is 0 Å². The Morgan fingerprint density at radius 3 is 1.52 bits per heavy atom. The van der Waals surface area contributed by atoms with Crippen molar-refractivity contribution in [2.24, 2.45) is 0 Å². The molecule has 0 radical (unpaired) electrons. The third-order valence-electron chi connectivity index (χ3n) is 10.4. The summed E-state index contributed by atoms with van der Waals surface area (Å²) in [6, 6.07) is 0. The number of ether oxygens (including phenoxy) is 2. The van der Waals surface area contributed by atoms with E-state index in [-0.39, 0.29) is 6.42 Å². The van der Waals surface area contributed by atoms with Gasteiger partial charge < -0.3 is 39.9 Å². The van der Waals surface area contributed by atoms with Crippen LogP contribution in [0.2, 0.25) is 0 Å². The van der Waals surface area contributed by atoms with Crippen LogP contribution in [0.4, 0.5) is 0 Å². The van der Waals surface area contributed by atoms with Crippen LogP contribution in [0.15, 0.2) is 60.8 Å². The monoisotopic (exact) mass is 885 g/mol. The molecule has 0 amide bonds. The number of carbonyl (C=O) groups is 2. The number of aliphatic hydroxyl groups is 5. The molecular formula is C47H81O13P. The van der Waals surface area contributed by atoms with Gasteiger partial charge in [-0.2, -0.15) is 0 Å². The molecule has 1 aliphatic rings. The Kier molecular flexibility index (Phi) is 34.3. The van der Waals surface area contributed by atoms with Gasteiger partial charge in [-0.25, -0.2) is 9.36 Å². The van der Waals surface area contributed by atoms with Crippen molar-refractivity contribution in [1.29, 1.82) is 0 Å². The molecule has 0 bridgehead atoms. The standard InChI is InChI=1S/C47H81O13P/c1-3-5-7-9-11-13-15-17-19-20-22-24-26-28-30-32-34-36-41(49)59-39(38-58-61(55,56)60-47-45(53)43(51)42(50)44(52)46(47)54)37-57-40(48)35-33-31-29-27-25-23-21-18-16-14-12-10-8-6-4-2/h17,19,22,24,28-31,33,35,39,42-47,50-54H,3-16,18,20-21,23,25-27,32,34,36-38H2,1-2H3,(H,55,56)/b19-17+,24-22+,30-28+,31-29+,35-33+/t39-,42?,43+,44?,45?,46?,47?/m1/s1. The first-order valence-electron chi connectivity index (χ1n) is 23.1. The minimum Gasteiger partial charge on any atom is -0.458 e. The molecule has 1 aliphatic carbocycles. The molecule has 1 fully saturated rings. The third kappa shape index (κ3) is 29.5. The summed E-state index contributed by atoms with van der Waals surface area (Å²) in [7, 11) is -5.15. The van der Waals surface area contributed by atoms with Crippen LogP contribution < -0.4 is 0 Å². The fourth-order valence-corrected chi connectivity index (χ4v) is 7.66. The SMILES string of the molecule is CCCCCCCC/C=C/C/C=C/C/C=C/CCCC(=O)O[C@H](COC(=O)/C=C/C=C/CCCCCCCCCCCCC)COP(=O)(O)OC1C(O)C(O)C(O)[C@H](O)C1O. The summed E-state index contributed by atoms with van der Waals surface area (Å²) in [6.45, 7) is 3.14. The lowest BCUT2D eigenvalue weighted by molar-refractivity contribution is -0.220. The molecule has 0 saturated heterocycles. The average molecular weight is 885 g/mol. The number of esters is 2. The fourth-order valence-electron chi connectivity index (χ4n) is 6.69. The summed E-state index contributed by atoms with van der Waals surface area (Å²) in [5.41, 5.74) is 0. The van der Waals surface area contributed by atoms with Crippen LogP contribution in [-0.2, 0) is 32.7 Å². The number of allylic oxidation sites excluding steroid dienone is 9. The van der Waals surface area contributed by atoms with E-state index in [0.717, 1.165) is 38.5 Å². The molecule has 0 heterocycles. The van der Waals surface area contributed by atoms with E-state index in [1.165, 1.54) is 108 Å². The van der Waals surface area contributed by atoms with E-state index in [1.807, 2.05) is 18.2 Å². The van der Waals surface area contributed by atoms with Crippen LogP contribution in [0.3, 0.4) is 0 Å². The van der Waals surface area contributed by atoms with E-state index in [1.54, 1.807) is 6.08 Å². The quantitative estimate of drug-likeness (QED) is 0.00861. The highest BCUT2D eigenvalue weighted by Crippen LogP contribution is 2.47. The molecule has 0 aromatic heterocycles. The minimum absolute atomic E-state index is 0.00367. The molecule has 8 atom stereocenters. The van der Waals surface area contributed by atoms with Crippen LogP contribution in [-0.4, -0.2) is 98.3 Å². The largest absolute Gasteiger partial charge is 0.472 e. The zero-order valence-corrected chi connectivity index (χ0v) is 38.1. The summed E-state index contributed by atoms with van der Waals surface area (Å²) in [4.78, 5) is 35.5. The molecule has 0 aliphatic heterocycles. The van der Waals surface area contributed by atoms with Gasteiger partial charge >= 0.3 is 19.8 Å². The molecule has 13 nitrogen and oxygen atoms in total. The number of aliphatic hydroxyl groups excluding tert-OH is 5. The number of carbonyl (C=O) groups excluding carboxylic acids is 2. The molecule has 6 N–H and O–H groups in total. The van der Waals surface area contributed by atoms with Gasteiger partial charge in [-0.1, -0.05) is 165 Å². The highest BCUT2D eigenvalue weighted by Gasteiger charge is 2.51. The van der Waals surface area contributed by atoms with Crippen LogP contribution in [0.5, 0.6) is 0 Å². The molecule has 0 aromatic rings. The van der Waals surface area contributed by atoms with Crippen molar-refractivity contribution in [3.8, 4) is 0 Å². The Balaban J connectivity index is 2.56. The van der Waals surface area contributed by atoms with Gasteiger partial charge in [0.25, 0.3) is 0 Å². The maximum atomic E-state index is 12.8. The second-order valence-corrected chi connectivity index (χ2v) is 17.4. The van der Waals surface area contributed by atoms with Gasteiger partial charge in [0, 0.05) is 12.5 Å². The lowest BCUT2D eigenvalue weighted by Crippen LogP contribution is -2.64. The fraction of sp³-hybridized carbons (Fsp3) is 0.745. The smallest absolute Gasteiger partial charge is 0.458 e. The molecule has 0 spiro atoms. The first kappa shape index (κ1) is 56.6. The maximum absolute atomic E-state index is 12.8. The van der Waals surface area contributed by atoms with Crippen LogP contribution in [0.25, 0.3) is 0 Å². The van der Waals surface area contributed by atoms with Crippen molar-refractivity contribution < 1.29 is 63.1 Å². The zero-order valence-electron chi connectivity index (χ0n) is 37.2. The minimum atomic E-state index is -5.15. The predicted molar refractivity (Wildman–Crippen MR) is 239 cm³/mol. The van der Waals surface area contributed by atoms with Crippen molar-refractivity contribution in [3.05, 3.63) is 60.8 Å². The highest BCUT2D eigenvalue weighted by atomic mass is 31.2. The number of unbranched alkanes of at least 4 members (excludes halogenated alkanes) is 18. The van der Waals surface area contributed by atoms with E-state index in [4.69, 9.17) is 18.5 Å². The second-order valence-electron chi connectivity index (χ2n) is 16.0. The Hall–Kier alpha value is -2.45. The average Bonchev–Trinajstić information content (AvgIpc) is 3.24. The Morgan fingerprint density at radius 1 is 0.557 bits per heavy atom. The van der Waals surface area contributed by atoms with Crippen molar-refractivity contribution in [1.82, 2.24) is 0 Å². The lowest BCUT2D eigenvalue weighted by Gasteiger charge is -2.41. The number of phosphoric acid groups is 1. The first-order chi connectivity index (χ1) is 29.4. The molecule has 14 heteroatoms. The number of hydrogen-bond acceptors (Lipinski definition) is 12. The van der Waals surface area contributed by atoms with Crippen molar-refractivity contribution in [3.63, 3.8) is 0 Å². The molecule has 61 heavy (non-hydrogen) atoms. The Labute approximate surface area is 366 Å². The molecule has 1 saturated carbocycles. The molecular weight excluding hydrogens is 803 g/mol. The van der Waals surface area contributed by atoms with Crippen LogP contribution >= 0.6 is 7.82 Å². The van der Waals surface area contributed by atoms with Crippen molar-refractivity contribution in [2.45, 2.75) is 211 Å². The van der Waals surface area contributed by atoms with Gasteiger partial charge in [0.05, 0.1) is 6.61 Å². The van der Waals surface area contributed by atoms with Crippen molar-refractivity contribution in [2.75, 3.05) is 13.2 Å². The van der Waals surface area contributed by atoms with Gasteiger partial charge in [0.1, 0.15) is 43.2 Å². The van der Waals surface area contributed by atoms with E-state index in [9.17, 15) is 44.6 Å². The highest BCUT2D eigenvalue weighted by molar-refractivity contribution is 7.47. The predicted octanol–water partition coefficient (Wildman–Crippen LogP) is 8.94. The number of hydrogen-bond donors (Lipinski definition) is 6. The van der Waals surface area contributed by atoms with Crippen LogP contribution in [0.1, 0.15) is 168 Å². The normalized spacial score (nSPS) is 22.6. The van der Waals surface area contributed by atoms with E-state index >= 15 is 0 Å². The number of rotatable bonds is 37. The topological polar surface area (TPSA) is 210 Å². The summed E-state index contributed by atoms with van der Waals surface area (Å²) < 4.78 is 33.3. The third-order valence-corrected chi connectivity index (χ3v) is 11.4. The summed E-state index contributed by atoms with van der Waals surface area (Å²) in [5.74, 6) is -1.42. The van der Waals surface area contributed by atoms with Gasteiger partial charge in [-0.05, 0) is 51.4 Å². The zero-order chi connectivity index (χ0) is 45.0. The molecule has 6 unspecified atom stereocenters. The summed E-state index contributed by atoms with van der Waals surface area (Å²) in [5, 5.41) is 50.1. The summed E-state index contributed by atoms with van der Waals surface area (Å²) in [6.07, 6.45) is 32.0. The molecule has 352 valence electrons. The maximum Gasteiger partial charge on any atom is 0.472 e. The van der Waals surface area contributed by atoms with Gasteiger partial charge in [-0.15, -0.1) is 0 Å². The van der Waals surface area contributed by atoms with E-state index in [2.05, 4.69) is 38.2 Å². The van der Waals surface area contributed by atoms with E-state index < -0.39 is 75.7 Å². The second kappa shape index (κ2) is 37.0. The van der Waals surface area contributed by atoms with Crippen molar-refractivity contribution >= 4 is 19.8 Å². The lowest BCUT2D eigenvalue weighted by atomic mass is 9.85. The Bertz CT molecular complexity index is 1300. The van der Waals surface area contributed by atoms with Gasteiger partial charge in [0.2, 0.25) is 0 Å².